The molecule has 0 unspecified atom stereocenters. The van der Waals surface area contributed by atoms with Gasteiger partial charge in [-0.2, -0.15) is 4.98 Å². The summed E-state index contributed by atoms with van der Waals surface area (Å²) in [6.45, 7) is 8.97. The Morgan fingerprint density at radius 3 is 2.16 bits per heavy atom. The fraction of sp³-hybridized carbons (Fsp3) is 0.364. The van der Waals surface area contributed by atoms with Crippen molar-refractivity contribution < 1.29 is 28.5 Å². The molecule has 0 radical (unpaired) electrons. The number of carbonyl (C=O) groups excluding carboxylic acids is 1. The molecular weight excluding hydrogens is 743 g/mol. The van der Waals surface area contributed by atoms with Crippen molar-refractivity contribution in [3.8, 4) is 29.0 Å². The van der Waals surface area contributed by atoms with Gasteiger partial charge in [-0.3, -0.25) is 14.2 Å². The minimum Gasteiger partial charge on any atom is -0.496 e. The number of ketones is 1. The minimum atomic E-state index is -0.203. The van der Waals surface area contributed by atoms with Crippen LogP contribution in [0.25, 0.3) is 10.9 Å². The van der Waals surface area contributed by atoms with Crippen molar-refractivity contribution in [3.05, 3.63) is 77.0 Å². The Balaban J connectivity index is 0.000000249. The van der Waals surface area contributed by atoms with Crippen LogP contribution in [-0.4, -0.2) is 50.4 Å². The average Bonchev–Trinajstić information content (AvgIpc) is 3.02. The normalized spacial score (nSPS) is 10.6. The van der Waals surface area contributed by atoms with Gasteiger partial charge in [-0.05, 0) is 96.8 Å². The molecule has 0 aliphatic heterocycles. The third kappa shape index (κ3) is 7.48. The first-order valence-corrected chi connectivity index (χ1v) is 16.0. The zero-order valence-corrected chi connectivity index (χ0v) is 30.0. The van der Waals surface area contributed by atoms with Gasteiger partial charge < -0.3 is 23.7 Å². The van der Waals surface area contributed by atoms with Crippen LogP contribution in [0.3, 0.4) is 0 Å². The first-order chi connectivity index (χ1) is 21.1. The number of carbonyl (C=O) groups is 1. The molecule has 1 heterocycles. The fourth-order valence-electron chi connectivity index (χ4n) is 4.70. The SMILES string of the molecule is CCCOc1nc2ccc(I)cc2c(=O)n1CCC.COc1cc(C)c(C(=O)c2c(OC)ccc(Br)c2C)c(OC)c1OC. The van der Waals surface area contributed by atoms with Gasteiger partial charge >= 0.3 is 0 Å². The molecule has 0 amide bonds. The smallest absolute Gasteiger partial charge is 0.299 e. The number of aromatic nitrogens is 2. The van der Waals surface area contributed by atoms with Crippen molar-refractivity contribution >= 4 is 55.2 Å². The van der Waals surface area contributed by atoms with Crippen molar-refractivity contribution in [1.29, 1.82) is 0 Å². The number of methoxy groups -OCH3 is 4. The number of benzene rings is 3. The molecule has 4 rings (SSSR count). The number of fused-ring (bicyclic) bond motifs is 1. The predicted molar refractivity (Wildman–Crippen MR) is 184 cm³/mol. The van der Waals surface area contributed by atoms with Gasteiger partial charge in [0, 0.05) is 14.6 Å². The van der Waals surface area contributed by atoms with Gasteiger partial charge in [0.05, 0.1) is 57.1 Å². The van der Waals surface area contributed by atoms with E-state index in [1.165, 1.54) is 21.3 Å². The van der Waals surface area contributed by atoms with Crippen molar-refractivity contribution in [2.75, 3.05) is 35.0 Å². The van der Waals surface area contributed by atoms with E-state index < -0.39 is 0 Å². The van der Waals surface area contributed by atoms with E-state index >= 15 is 0 Å². The van der Waals surface area contributed by atoms with Gasteiger partial charge in [-0.25, -0.2) is 0 Å². The first-order valence-electron chi connectivity index (χ1n) is 14.1. The lowest BCUT2D eigenvalue weighted by atomic mass is 9.93. The summed E-state index contributed by atoms with van der Waals surface area (Å²) in [5.74, 6) is 1.52. The van der Waals surface area contributed by atoms with Gasteiger partial charge in [0.25, 0.3) is 11.6 Å². The Bertz CT molecular complexity index is 1700. The van der Waals surface area contributed by atoms with Gasteiger partial charge in [0.15, 0.2) is 11.5 Å². The van der Waals surface area contributed by atoms with Crippen LogP contribution in [0.5, 0.6) is 29.0 Å². The molecule has 1 aromatic heterocycles. The Morgan fingerprint density at radius 1 is 0.886 bits per heavy atom. The van der Waals surface area contributed by atoms with E-state index in [1.54, 1.807) is 23.8 Å². The molecule has 236 valence electrons. The molecule has 0 saturated carbocycles. The van der Waals surface area contributed by atoms with Gasteiger partial charge in [-0.15, -0.1) is 0 Å². The quantitative estimate of drug-likeness (QED) is 0.114. The molecule has 0 saturated heterocycles. The molecule has 0 bridgehead atoms. The predicted octanol–water partition coefficient (Wildman–Crippen LogP) is 7.53. The lowest BCUT2D eigenvalue weighted by Crippen LogP contribution is -2.24. The topological polar surface area (TPSA) is 98.1 Å². The molecule has 0 fully saturated rings. The second-order valence-electron chi connectivity index (χ2n) is 9.78. The van der Waals surface area contributed by atoms with Crippen LogP contribution in [-0.2, 0) is 6.54 Å². The summed E-state index contributed by atoms with van der Waals surface area (Å²) in [5.41, 5.74) is 3.09. The first kappa shape index (κ1) is 35.2. The number of hydrogen-bond acceptors (Lipinski definition) is 8. The fourth-order valence-corrected chi connectivity index (χ4v) is 5.52. The lowest BCUT2D eigenvalue weighted by Gasteiger charge is -2.19. The number of ether oxygens (including phenoxy) is 5. The maximum atomic E-state index is 13.4. The van der Waals surface area contributed by atoms with E-state index in [9.17, 15) is 9.59 Å². The van der Waals surface area contributed by atoms with Crippen molar-refractivity contribution in [2.24, 2.45) is 0 Å². The molecule has 11 heteroatoms. The average molecular weight is 781 g/mol. The van der Waals surface area contributed by atoms with Crippen molar-refractivity contribution in [2.45, 2.75) is 47.1 Å². The number of hydrogen-bond donors (Lipinski definition) is 0. The van der Waals surface area contributed by atoms with Gasteiger partial charge in [0.2, 0.25) is 11.5 Å². The standard InChI is InChI=1S/C19H21BrO5.C14H17IN2O2/c1-10-9-14(23-4)18(24-5)19(25-6)15(10)17(21)16-11(2)12(20)7-8-13(16)22-3;1-3-7-17-13(18)11-9-10(15)5-6-12(11)16-14(17)19-8-4-2/h7-9H,1-6H3;5-6,9H,3-4,7-8H2,1-2H3. The van der Waals surface area contributed by atoms with E-state index in [0.717, 1.165) is 32.0 Å². The summed E-state index contributed by atoms with van der Waals surface area (Å²) in [6, 6.07) is 11.5. The summed E-state index contributed by atoms with van der Waals surface area (Å²) in [6.07, 6.45) is 1.77. The molecule has 3 aromatic carbocycles. The monoisotopic (exact) mass is 780 g/mol. The third-order valence-corrected chi connectivity index (χ3v) is 8.36. The molecule has 0 aliphatic rings. The van der Waals surface area contributed by atoms with Crippen molar-refractivity contribution in [1.82, 2.24) is 9.55 Å². The second-order valence-corrected chi connectivity index (χ2v) is 11.9. The molecule has 0 atom stereocenters. The van der Waals surface area contributed by atoms with E-state index in [4.69, 9.17) is 23.7 Å². The Kier molecular flexibility index (Phi) is 12.9. The minimum absolute atomic E-state index is 0.0172. The summed E-state index contributed by atoms with van der Waals surface area (Å²) in [4.78, 5) is 30.4. The number of aryl methyl sites for hydroxylation is 1. The highest BCUT2D eigenvalue weighted by Crippen LogP contribution is 2.44. The lowest BCUT2D eigenvalue weighted by molar-refractivity contribution is 0.103. The number of rotatable bonds is 11. The summed E-state index contributed by atoms with van der Waals surface area (Å²) in [5, 5.41) is 0.657. The Labute approximate surface area is 280 Å². The van der Waals surface area contributed by atoms with Crippen LogP contribution >= 0.6 is 38.5 Å². The third-order valence-electron chi connectivity index (χ3n) is 6.83. The van der Waals surface area contributed by atoms with Crippen LogP contribution in [0, 0.1) is 17.4 Å². The summed E-state index contributed by atoms with van der Waals surface area (Å²) < 4.78 is 30.8. The van der Waals surface area contributed by atoms with Crippen LogP contribution in [0.4, 0.5) is 0 Å². The molecule has 44 heavy (non-hydrogen) atoms. The Hall–Kier alpha value is -3.32. The largest absolute Gasteiger partial charge is 0.496 e. The summed E-state index contributed by atoms with van der Waals surface area (Å²) in [7, 11) is 6.09. The van der Waals surface area contributed by atoms with E-state index in [-0.39, 0.29) is 11.3 Å². The van der Waals surface area contributed by atoms with Crippen LogP contribution in [0.2, 0.25) is 0 Å². The molecule has 4 aromatic rings. The second kappa shape index (κ2) is 16.1. The Morgan fingerprint density at radius 2 is 1.57 bits per heavy atom. The number of halogens is 2. The molecule has 0 aliphatic carbocycles. The van der Waals surface area contributed by atoms with Crippen molar-refractivity contribution in [3.63, 3.8) is 0 Å². The maximum absolute atomic E-state index is 13.4. The highest BCUT2D eigenvalue weighted by Gasteiger charge is 2.28. The van der Waals surface area contributed by atoms with Crippen LogP contribution in [0.15, 0.2) is 45.7 Å². The maximum Gasteiger partial charge on any atom is 0.299 e. The molecular formula is C33H38BrIN2O7. The molecule has 9 nitrogen and oxygen atoms in total. The highest BCUT2D eigenvalue weighted by molar-refractivity contribution is 14.1. The molecule has 0 spiro atoms. The highest BCUT2D eigenvalue weighted by atomic mass is 127. The van der Waals surface area contributed by atoms with E-state index in [0.29, 0.717) is 64.2 Å². The van der Waals surface area contributed by atoms with Crippen LogP contribution in [0.1, 0.15) is 53.7 Å². The van der Waals surface area contributed by atoms with Gasteiger partial charge in [-0.1, -0.05) is 29.8 Å². The molecule has 0 N–H and O–H groups in total. The van der Waals surface area contributed by atoms with E-state index in [2.05, 4.69) is 43.5 Å². The van der Waals surface area contributed by atoms with E-state index in [1.807, 2.05) is 52.0 Å². The number of nitrogens with zero attached hydrogens (tertiary/aromatic N) is 2. The van der Waals surface area contributed by atoms with Gasteiger partial charge in [0.1, 0.15) is 5.75 Å². The zero-order chi connectivity index (χ0) is 32.6. The zero-order valence-electron chi connectivity index (χ0n) is 26.3. The van der Waals surface area contributed by atoms with Crippen LogP contribution < -0.4 is 29.2 Å². The summed E-state index contributed by atoms with van der Waals surface area (Å²) >= 11 is 5.67.